The highest BCUT2D eigenvalue weighted by Gasteiger charge is 2.01. The van der Waals surface area contributed by atoms with Crippen molar-refractivity contribution in [2.45, 2.75) is 13.8 Å². The predicted octanol–water partition coefficient (Wildman–Crippen LogP) is 2.14. The van der Waals surface area contributed by atoms with Gasteiger partial charge in [0.1, 0.15) is 5.82 Å². The van der Waals surface area contributed by atoms with Gasteiger partial charge in [0, 0.05) is 5.39 Å². The van der Waals surface area contributed by atoms with Crippen molar-refractivity contribution >= 4 is 16.7 Å². The molecule has 1 heterocycles. The molecule has 1 aromatic carbocycles. The number of nitrogens with two attached hydrogens (primary N) is 1. The molecule has 0 spiro atoms. The van der Waals surface area contributed by atoms with Crippen LogP contribution >= 0.6 is 0 Å². The molecule has 0 radical (unpaired) electrons. The maximum absolute atomic E-state index is 5.33. The third-order valence-corrected chi connectivity index (χ3v) is 2.32. The number of hydrazine groups is 1. The van der Waals surface area contributed by atoms with Crippen LogP contribution < -0.4 is 11.3 Å². The van der Waals surface area contributed by atoms with Gasteiger partial charge in [-0.25, -0.2) is 10.8 Å². The topological polar surface area (TPSA) is 50.9 Å². The van der Waals surface area contributed by atoms with E-state index in [0.29, 0.717) is 5.82 Å². The SMILES string of the molecule is Cc1ccc2nc(NN)cc(C)c2c1. The summed E-state index contributed by atoms with van der Waals surface area (Å²) in [4.78, 5) is 4.36. The highest BCUT2D eigenvalue weighted by Crippen LogP contribution is 2.20. The summed E-state index contributed by atoms with van der Waals surface area (Å²) < 4.78 is 0. The van der Waals surface area contributed by atoms with Gasteiger partial charge >= 0.3 is 0 Å². The third-order valence-electron chi connectivity index (χ3n) is 2.32. The quantitative estimate of drug-likeness (QED) is 0.531. The molecule has 1 aromatic heterocycles. The molecular weight excluding hydrogens is 174 g/mol. The number of hydrogen-bond acceptors (Lipinski definition) is 3. The second kappa shape index (κ2) is 3.27. The number of nitrogens with zero attached hydrogens (tertiary/aromatic N) is 1. The zero-order chi connectivity index (χ0) is 10.1. The van der Waals surface area contributed by atoms with Gasteiger partial charge in [0.25, 0.3) is 0 Å². The van der Waals surface area contributed by atoms with Crippen LogP contribution in [0.3, 0.4) is 0 Å². The molecule has 14 heavy (non-hydrogen) atoms. The van der Waals surface area contributed by atoms with Gasteiger partial charge in [0.2, 0.25) is 0 Å². The number of nitrogen functional groups attached to an aromatic ring is 1. The Kier molecular flexibility index (Phi) is 2.09. The van der Waals surface area contributed by atoms with E-state index < -0.39 is 0 Å². The molecule has 3 heteroatoms. The van der Waals surface area contributed by atoms with Gasteiger partial charge in [0.15, 0.2) is 0 Å². The van der Waals surface area contributed by atoms with Crippen molar-refractivity contribution in [1.82, 2.24) is 4.98 Å². The molecule has 0 aliphatic rings. The van der Waals surface area contributed by atoms with E-state index in [4.69, 9.17) is 5.84 Å². The van der Waals surface area contributed by atoms with Crippen LogP contribution in [-0.2, 0) is 0 Å². The van der Waals surface area contributed by atoms with Crippen LogP contribution in [0.4, 0.5) is 5.82 Å². The lowest BCUT2D eigenvalue weighted by Crippen LogP contribution is -2.08. The second-order valence-corrected chi connectivity index (χ2v) is 3.49. The van der Waals surface area contributed by atoms with E-state index in [2.05, 4.69) is 36.4 Å². The van der Waals surface area contributed by atoms with E-state index in [0.717, 1.165) is 5.52 Å². The lowest BCUT2D eigenvalue weighted by Gasteiger charge is -2.06. The molecule has 0 aliphatic heterocycles. The zero-order valence-corrected chi connectivity index (χ0v) is 8.33. The molecule has 0 bridgehead atoms. The van der Waals surface area contributed by atoms with Crippen LogP contribution in [0.2, 0.25) is 0 Å². The van der Waals surface area contributed by atoms with Crippen molar-refractivity contribution < 1.29 is 0 Å². The van der Waals surface area contributed by atoms with Gasteiger partial charge in [-0.3, -0.25) is 0 Å². The minimum atomic E-state index is 0.707. The first-order valence-corrected chi connectivity index (χ1v) is 4.55. The smallest absolute Gasteiger partial charge is 0.140 e. The van der Waals surface area contributed by atoms with E-state index in [1.54, 1.807) is 0 Å². The monoisotopic (exact) mass is 187 g/mol. The number of nitrogens with one attached hydrogen (secondary N) is 1. The number of hydrogen-bond donors (Lipinski definition) is 2. The molecule has 0 atom stereocenters. The molecule has 2 rings (SSSR count). The van der Waals surface area contributed by atoms with Crippen LogP contribution in [0.25, 0.3) is 10.9 Å². The summed E-state index contributed by atoms with van der Waals surface area (Å²) in [6, 6.07) is 8.15. The lowest BCUT2D eigenvalue weighted by molar-refractivity contribution is 1.25. The average molecular weight is 187 g/mol. The molecule has 0 fully saturated rings. The van der Waals surface area contributed by atoms with Gasteiger partial charge in [0.05, 0.1) is 5.52 Å². The Morgan fingerprint density at radius 3 is 2.71 bits per heavy atom. The maximum Gasteiger partial charge on any atom is 0.140 e. The van der Waals surface area contributed by atoms with Gasteiger partial charge in [-0.05, 0) is 37.6 Å². The summed E-state index contributed by atoms with van der Waals surface area (Å²) >= 11 is 0. The average Bonchev–Trinajstić information content (AvgIpc) is 2.19. The first kappa shape index (κ1) is 8.97. The zero-order valence-electron chi connectivity index (χ0n) is 8.33. The summed E-state index contributed by atoms with van der Waals surface area (Å²) in [7, 11) is 0. The fourth-order valence-corrected chi connectivity index (χ4v) is 1.58. The normalized spacial score (nSPS) is 10.5. The van der Waals surface area contributed by atoms with Gasteiger partial charge < -0.3 is 5.43 Å². The fraction of sp³-hybridized carbons (Fsp3) is 0.182. The Balaban J connectivity index is 2.76. The number of aromatic nitrogens is 1. The van der Waals surface area contributed by atoms with Crippen molar-refractivity contribution in [3.05, 3.63) is 35.4 Å². The molecular formula is C11H13N3. The summed E-state index contributed by atoms with van der Waals surface area (Å²) in [5, 5.41) is 1.18. The highest BCUT2D eigenvalue weighted by atomic mass is 15.2. The van der Waals surface area contributed by atoms with Crippen LogP contribution in [-0.4, -0.2) is 4.98 Å². The molecule has 0 unspecified atom stereocenters. The summed E-state index contributed by atoms with van der Waals surface area (Å²) in [6.07, 6.45) is 0. The van der Waals surface area contributed by atoms with Gasteiger partial charge in [-0.1, -0.05) is 11.6 Å². The van der Waals surface area contributed by atoms with Crippen molar-refractivity contribution in [2.24, 2.45) is 5.84 Å². The van der Waals surface area contributed by atoms with E-state index in [9.17, 15) is 0 Å². The molecule has 3 N–H and O–H groups in total. The van der Waals surface area contributed by atoms with Crippen molar-refractivity contribution in [2.75, 3.05) is 5.43 Å². The molecule has 0 saturated carbocycles. The molecule has 0 aliphatic carbocycles. The molecule has 3 nitrogen and oxygen atoms in total. The fourth-order valence-electron chi connectivity index (χ4n) is 1.58. The Labute approximate surface area is 82.9 Å². The van der Waals surface area contributed by atoms with E-state index >= 15 is 0 Å². The first-order chi connectivity index (χ1) is 6.70. The lowest BCUT2D eigenvalue weighted by atomic mass is 10.1. The van der Waals surface area contributed by atoms with E-state index in [-0.39, 0.29) is 0 Å². The Hall–Kier alpha value is -1.61. The molecule has 0 amide bonds. The van der Waals surface area contributed by atoms with Crippen LogP contribution in [0.1, 0.15) is 11.1 Å². The second-order valence-electron chi connectivity index (χ2n) is 3.49. The standard InChI is InChI=1S/C11H13N3/c1-7-3-4-10-9(5-7)8(2)6-11(13-10)14-12/h3-6H,12H2,1-2H3,(H,13,14). The van der Waals surface area contributed by atoms with Crippen LogP contribution in [0.15, 0.2) is 24.3 Å². The molecule has 2 aromatic rings. The van der Waals surface area contributed by atoms with Gasteiger partial charge in [-0.2, -0.15) is 0 Å². The van der Waals surface area contributed by atoms with Crippen LogP contribution in [0.5, 0.6) is 0 Å². The molecule has 72 valence electrons. The number of aryl methyl sites for hydroxylation is 2. The van der Waals surface area contributed by atoms with Crippen molar-refractivity contribution in [3.8, 4) is 0 Å². The minimum Gasteiger partial charge on any atom is -0.308 e. The predicted molar refractivity (Wildman–Crippen MR) is 59.0 cm³/mol. The summed E-state index contributed by atoms with van der Waals surface area (Å²) in [5.41, 5.74) is 5.97. The maximum atomic E-state index is 5.33. The van der Waals surface area contributed by atoms with E-state index in [1.807, 2.05) is 12.1 Å². The van der Waals surface area contributed by atoms with E-state index in [1.165, 1.54) is 16.5 Å². The number of rotatable bonds is 1. The molecule has 0 saturated heterocycles. The minimum absolute atomic E-state index is 0.707. The van der Waals surface area contributed by atoms with Crippen molar-refractivity contribution in [1.29, 1.82) is 0 Å². The Morgan fingerprint density at radius 2 is 2.00 bits per heavy atom. The first-order valence-electron chi connectivity index (χ1n) is 4.55. The summed E-state index contributed by atoms with van der Waals surface area (Å²) in [6.45, 7) is 4.14. The number of pyridine rings is 1. The largest absolute Gasteiger partial charge is 0.308 e. The Morgan fingerprint density at radius 1 is 1.21 bits per heavy atom. The highest BCUT2D eigenvalue weighted by molar-refractivity contribution is 5.84. The van der Waals surface area contributed by atoms with Crippen LogP contribution in [0, 0.1) is 13.8 Å². The number of benzene rings is 1. The summed E-state index contributed by atoms with van der Waals surface area (Å²) in [5.74, 6) is 6.03. The van der Waals surface area contributed by atoms with Crippen molar-refractivity contribution in [3.63, 3.8) is 0 Å². The number of fused-ring (bicyclic) bond motifs is 1. The van der Waals surface area contributed by atoms with Gasteiger partial charge in [-0.15, -0.1) is 0 Å². The third kappa shape index (κ3) is 1.42. The number of anilines is 1. The Bertz CT molecular complexity index is 477.